The van der Waals surface area contributed by atoms with Gasteiger partial charge in [0.15, 0.2) is 0 Å². The lowest BCUT2D eigenvalue weighted by atomic mass is 10.1. The van der Waals surface area contributed by atoms with E-state index in [1.807, 2.05) is 30.3 Å². The van der Waals surface area contributed by atoms with Gasteiger partial charge in [-0.1, -0.05) is 48.5 Å². The molecule has 0 spiro atoms. The molecule has 0 fully saturated rings. The minimum Gasteiger partial charge on any atom is -0.269 e. The highest BCUT2D eigenvalue weighted by Gasteiger charge is 2.29. The second kappa shape index (κ2) is 8.09. The molecule has 0 aliphatic carbocycles. The van der Waals surface area contributed by atoms with Gasteiger partial charge in [0.2, 0.25) is 10.0 Å². The van der Waals surface area contributed by atoms with E-state index in [0.29, 0.717) is 6.42 Å². The zero-order chi connectivity index (χ0) is 18.5. The predicted octanol–water partition coefficient (Wildman–Crippen LogP) is 1.89. The van der Waals surface area contributed by atoms with E-state index in [-0.39, 0.29) is 11.5 Å². The molecular weight excluding hydrogens is 362 g/mol. The monoisotopic (exact) mass is 383 g/mol. The lowest BCUT2D eigenvalue weighted by molar-refractivity contribution is 0.226. The van der Waals surface area contributed by atoms with E-state index < -0.39 is 26.2 Å². The Morgan fingerprint density at radius 3 is 1.96 bits per heavy atom. The van der Waals surface area contributed by atoms with Crippen LogP contribution in [0.4, 0.5) is 0 Å². The normalized spacial score (nSPS) is 13.7. The maximum Gasteiger partial charge on any atom is 0.264 e. The van der Waals surface area contributed by atoms with Crippen molar-refractivity contribution in [1.82, 2.24) is 4.31 Å². The Hall–Kier alpha value is -1.74. The molecule has 2 aromatic rings. The number of likely N-dealkylation sites (N-methyl/N-ethyl adjacent to an activating group) is 1. The smallest absolute Gasteiger partial charge is 0.264 e. The Kier molecular flexibility index (Phi) is 6.34. The van der Waals surface area contributed by atoms with E-state index in [1.165, 1.54) is 23.5 Å². The van der Waals surface area contributed by atoms with Crippen molar-refractivity contribution in [3.05, 3.63) is 66.2 Å². The van der Waals surface area contributed by atoms with Crippen molar-refractivity contribution in [2.45, 2.75) is 17.4 Å². The van der Waals surface area contributed by atoms with Crippen molar-refractivity contribution >= 4 is 20.1 Å². The Morgan fingerprint density at radius 2 is 1.44 bits per heavy atom. The molecule has 2 aromatic carbocycles. The summed E-state index contributed by atoms with van der Waals surface area (Å²) in [6.07, 6.45) is 1.27. The van der Waals surface area contributed by atoms with Crippen LogP contribution >= 0.6 is 0 Å². The highest BCUT2D eigenvalue weighted by molar-refractivity contribution is 7.89. The summed E-state index contributed by atoms with van der Waals surface area (Å²) in [7, 11) is -6.01. The van der Waals surface area contributed by atoms with Gasteiger partial charge in [-0.25, -0.2) is 8.42 Å². The van der Waals surface area contributed by atoms with Crippen LogP contribution in [-0.4, -0.2) is 47.1 Å². The summed E-state index contributed by atoms with van der Waals surface area (Å²) in [6.45, 7) is -0.254. The SMILES string of the molecule is CN([C@H](COS(C)(=O)=O)Cc1ccccc1)S(=O)(=O)c1ccccc1. The standard InChI is InChI=1S/C17H21NO5S2/c1-18(25(21,22)17-11-7-4-8-12-17)16(14-23-24(2,19)20)13-15-9-5-3-6-10-15/h3-12,16H,13-14H2,1-2H3/t16-/m0/s1. The van der Waals surface area contributed by atoms with Crippen molar-refractivity contribution < 1.29 is 21.0 Å². The van der Waals surface area contributed by atoms with E-state index >= 15 is 0 Å². The topological polar surface area (TPSA) is 80.8 Å². The van der Waals surface area contributed by atoms with Crippen LogP contribution in [0, 0.1) is 0 Å². The zero-order valence-electron chi connectivity index (χ0n) is 14.1. The molecule has 0 N–H and O–H groups in total. The van der Waals surface area contributed by atoms with Crippen LogP contribution < -0.4 is 0 Å². The number of nitrogens with zero attached hydrogens (tertiary/aromatic N) is 1. The predicted molar refractivity (Wildman–Crippen MR) is 96.1 cm³/mol. The first-order chi connectivity index (χ1) is 11.7. The molecule has 0 aliphatic heterocycles. The number of sulfonamides is 1. The van der Waals surface area contributed by atoms with Crippen molar-refractivity contribution in [2.24, 2.45) is 0 Å². The molecule has 0 bridgehead atoms. The summed E-state index contributed by atoms with van der Waals surface area (Å²) in [6, 6.07) is 16.6. The molecule has 0 amide bonds. The Balaban J connectivity index is 2.29. The highest BCUT2D eigenvalue weighted by atomic mass is 32.2. The van der Waals surface area contributed by atoms with Crippen LogP contribution in [0.1, 0.15) is 5.56 Å². The summed E-state index contributed by atoms with van der Waals surface area (Å²) in [5, 5.41) is 0. The number of rotatable bonds is 8. The van der Waals surface area contributed by atoms with Crippen LogP contribution in [-0.2, 0) is 30.7 Å². The van der Waals surface area contributed by atoms with E-state index in [0.717, 1.165) is 11.8 Å². The molecule has 0 heterocycles. The Labute approximate surface area is 149 Å². The number of hydrogen-bond acceptors (Lipinski definition) is 5. The van der Waals surface area contributed by atoms with Crippen LogP contribution in [0.25, 0.3) is 0 Å². The molecule has 0 saturated heterocycles. The molecule has 0 unspecified atom stereocenters. The molecule has 0 radical (unpaired) electrons. The summed E-state index contributed by atoms with van der Waals surface area (Å²) in [5.41, 5.74) is 0.889. The first-order valence-electron chi connectivity index (χ1n) is 7.61. The molecule has 0 aliphatic rings. The molecule has 0 aromatic heterocycles. The summed E-state index contributed by atoms with van der Waals surface area (Å²) in [5.74, 6) is 0. The first kappa shape index (κ1) is 19.6. The third-order valence-corrected chi connectivity index (χ3v) is 6.21. The largest absolute Gasteiger partial charge is 0.269 e. The fourth-order valence-electron chi connectivity index (χ4n) is 2.34. The van der Waals surface area contributed by atoms with Crippen LogP contribution in [0.15, 0.2) is 65.6 Å². The van der Waals surface area contributed by atoms with Gasteiger partial charge in [-0.05, 0) is 24.1 Å². The molecule has 2 rings (SSSR count). The maximum atomic E-state index is 12.8. The number of hydrogen-bond donors (Lipinski definition) is 0. The van der Waals surface area contributed by atoms with E-state index in [1.54, 1.807) is 18.2 Å². The fourth-order valence-corrected chi connectivity index (χ4v) is 4.10. The number of benzene rings is 2. The van der Waals surface area contributed by atoms with Gasteiger partial charge in [0.25, 0.3) is 10.1 Å². The van der Waals surface area contributed by atoms with Gasteiger partial charge < -0.3 is 0 Å². The van der Waals surface area contributed by atoms with Crippen LogP contribution in [0.3, 0.4) is 0 Å². The molecule has 0 saturated carbocycles. The second-order valence-electron chi connectivity index (χ2n) is 5.67. The van der Waals surface area contributed by atoms with Gasteiger partial charge in [0.1, 0.15) is 0 Å². The summed E-state index contributed by atoms with van der Waals surface area (Å²) in [4.78, 5) is 0.148. The van der Waals surface area contributed by atoms with Crippen LogP contribution in [0.5, 0.6) is 0 Å². The molecule has 136 valence electrons. The van der Waals surface area contributed by atoms with Crippen molar-refractivity contribution in [1.29, 1.82) is 0 Å². The lowest BCUT2D eigenvalue weighted by Crippen LogP contribution is -2.42. The first-order valence-corrected chi connectivity index (χ1v) is 10.9. The highest BCUT2D eigenvalue weighted by Crippen LogP contribution is 2.19. The molecule has 6 nitrogen and oxygen atoms in total. The molecule has 25 heavy (non-hydrogen) atoms. The second-order valence-corrected chi connectivity index (χ2v) is 9.31. The third kappa shape index (κ3) is 5.64. The van der Waals surface area contributed by atoms with Crippen molar-refractivity contribution in [3.8, 4) is 0 Å². The quantitative estimate of drug-likeness (QED) is 0.651. The maximum absolute atomic E-state index is 12.8. The van der Waals surface area contributed by atoms with Gasteiger partial charge in [0.05, 0.1) is 23.8 Å². The van der Waals surface area contributed by atoms with E-state index in [4.69, 9.17) is 4.18 Å². The van der Waals surface area contributed by atoms with Gasteiger partial charge in [-0.3, -0.25) is 4.18 Å². The summed E-state index contributed by atoms with van der Waals surface area (Å²) >= 11 is 0. The average molecular weight is 383 g/mol. The van der Waals surface area contributed by atoms with Crippen LogP contribution in [0.2, 0.25) is 0 Å². The van der Waals surface area contributed by atoms with Gasteiger partial charge in [-0.2, -0.15) is 12.7 Å². The third-order valence-electron chi connectivity index (χ3n) is 3.72. The van der Waals surface area contributed by atoms with Gasteiger partial charge in [-0.15, -0.1) is 0 Å². The van der Waals surface area contributed by atoms with Crippen molar-refractivity contribution in [3.63, 3.8) is 0 Å². The molecule has 8 heteroatoms. The zero-order valence-corrected chi connectivity index (χ0v) is 15.7. The summed E-state index contributed by atoms with van der Waals surface area (Å²) < 4.78 is 54.3. The van der Waals surface area contributed by atoms with Gasteiger partial charge >= 0.3 is 0 Å². The molecule has 1 atom stereocenters. The van der Waals surface area contributed by atoms with Gasteiger partial charge in [0, 0.05) is 7.05 Å². The van der Waals surface area contributed by atoms with Crippen molar-refractivity contribution in [2.75, 3.05) is 19.9 Å². The lowest BCUT2D eigenvalue weighted by Gasteiger charge is -2.27. The van der Waals surface area contributed by atoms with E-state index in [2.05, 4.69) is 0 Å². The average Bonchev–Trinajstić information content (AvgIpc) is 2.59. The molecular formula is C17H21NO5S2. The minimum absolute atomic E-state index is 0.148. The fraction of sp³-hybridized carbons (Fsp3) is 0.294. The Morgan fingerprint density at radius 1 is 0.920 bits per heavy atom. The minimum atomic E-state index is -3.77. The van der Waals surface area contributed by atoms with E-state index in [9.17, 15) is 16.8 Å². The Bertz CT molecular complexity index is 881.